The zero-order valence-electron chi connectivity index (χ0n) is 13.3. The lowest BCUT2D eigenvalue weighted by atomic mass is 9.92. The molecule has 0 aliphatic heterocycles. The predicted octanol–water partition coefficient (Wildman–Crippen LogP) is 4.75. The topological polar surface area (TPSA) is 25.2 Å². The van der Waals surface area contributed by atoms with Gasteiger partial charge in [-0.2, -0.15) is 0 Å². The van der Waals surface area contributed by atoms with Gasteiger partial charge in [0.2, 0.25) is 0 Å². The van der Waals surface area contributed by atoms with E-state index in [1.54, 1.807) is 0 Å². The fourth-order valence-corrected chi connectivity index (χ4v) is 3.35. The smallest absolute Gasteiger partial charge is 0.0541 e. The van der Waals surface area contributed by atoms with Crippen molar-refractivity contribution in [3.8, 4) is 5.69 Å². The fraction of sp³-hybridized carbons (Fsp3) is 0.0909. The van der Waals surface area contributed by atoms with E-state index in [0.717, 1.165) is 22.3 Å². The van der Waals surface area contributed by atoms with Crippen molar-refractivity contribution in [1.29, 1.82) is 0 Å². The summed E-state index contributed by atoms with van der Waals surface area (Å²) in [5.74, 6) is -0.0268. The second kappa shape index (κ2) is 6.34. The largest absolute Gasteiger partial charge is 0.395 e. The lowest BCUT2D eigenvalue weighted by Gasteiger charge is -2.14. The standard InChI is InChI=1S/C22H19NO/c24-16-21(17-9-3-1-4-10-17)20-15-23(18-11-5-2-6-12-18)22-14-8-7-13-19(20)22/h1-15,21,24H,16H2. The van der Waals surface area contributed by atoms with Gasteiger partial charge in [-0.1, -0.05) is 66.7 Å². The Morgan fingerprint density at radius 1 is 0.750 bits per heavy atom. The Morgan fingerprint density at radius 3 is 2.08 bits per heavy atom. The number of rotatable bonds is 4. The van der Waals surface area contributed by atoms with Crippen molar-refractivity contribution in [2.75, 3.05) is 6.61 Å². The Balaban J connectivity index is 1.93. The van der Waals surface area contributed by atoms with E-state index in [1.165, 1.54) is 5.39 Å². The van der Waals surface area contributed by atoms with Gasteiger partial charge < -0.3 is 9.67 Å². The van der Waals surface area contributed by atoms with Crippen molar-refractivity contribution in [2.45, 2.75) is 5.92 Å². The summed E-state index contributed by atoms with van der Waals surface area (Å²) >= 11 is 0. The minimum absolute atomic E-state index is 0.0268. The van der Waals surface area contributed by atoms with Crippen molar-refractivity contribution in [3.05, 3.63) is 102 Å². The molecule has 0 aliphatic rings. The highest BCUT2D eigenvalue weighted by Crippen LogP contribution is 2.33. The molecule has 24 heavy (non-hydrogen) atoms. The lowest BCUT2D eigenvalue weighted by molar-refractivity contribution is 0.281. The summed E-state index contributed by atoms with van der Waals surface area (Å²) in [4.78, 5) is 0. The van der Waals surface area contributed by atoms with Crippen LogP contribution in [0.2, 0.25) is 0 Å². The quantitative estimate of drug-likeness (QED) is 0.577. The number of fused-ring (bicyclic) bond motifs is 1. The normalized spacial score (nSPS) is 12.4. The highest BCUT2D eigenvalue weighted by atomic mass is 16.3. The molecule has 4 rings (SSSR count). The maximum absolute atomic E-state index is 10.1. The van der Waals surface area contributed by atoms with Crippen LogP contribution >= 0.6 is 0 Å². The second-order valence-corrected chi connectivity index (χ2v) is 5.95. The number of benzene rings is 3. The molecule has 118 valence electrons. The van der Waals surface area contributed by atoms with E-state index in [9.17, 15) is 5.11 Å². The van der Waals surface area contributed by atoms with Crippen LogP contribution in [0.1, 0.15) is 17.0 Å². The van der Waals surface area contributed by atoms with Crippen molar-refractivity contribution in [1.82, 2.24) is 4.57 Å². The van der Waals surface area contributed by atoms with Gasteiger partial charge in [0.05, 0.1) is 12.1 Å². The Bertz CT molecular complexity index is 942. The van der Waals surface area contributed by atoms with Gasteiger partial charge in [0.1, 0.15) is 0 Å². The number of aliphatic hydroxyl groups excluding tert-OH is 1. The van der Waals surface area contributed by atoms with Crippen LogP contribution in [0.15, 0.2) is 91.1 Å². The first kappa shape index (κ1) is 14.7. The average Bonchev–Trinajstić information content (AvgIpc) is 3.04. The maximum atomic E-state index is 10.1. The van der Waals surface area contributed by atoms with Crippen molar-refractivity contribution < 1.29 is 5.11 Å². The molecule has 3 aromatic carbocycles. The summed E-state index contributed by atoms with van der Waals surface area (Å²) in [6, 6.07) is 28.9. The number of hydrogen-bond acceptors (Lipinski definition) is 1. The van der Waals surface area contributed by atoms with Crippen LogP contribution in [0, 0.1) is 0 Å². The number of hydrogen-bond donors (Lipinski definition) is 1. The summed E-state index contributed by atoms with van der Waals surface area (Å²) in [5.41, 5.74) is 4.58. The molecule has 2 nitrogen and oxygen atoms in total. The van der Waals surface area contributed by atoms with Crippen LogP contribution < -0.4 is 0 Å². The van der Waals surface area contributed by atoms with Gasteiger partial charge in [-0.05, 0) is 29.3 Å². The average molecular weight is 313 g/mol. The first-order valence-corrected chi connectivity index (χ1v) is 8.19. The third-order valence-corrected chi connectivity index (χ3v) is 4.54. The monoisotopic (exact) mass is 313 g/mol. The molecule has 1 atom stereocenters. The van der Waals surface area contributed by atoms with Gasteiger partial charge in [0.25, 0.3) is 0 Å². The second-order valence-electron chi connectivity index (χ2n) is 5.95. The van der Waals surface area contributed by atoms with Crippen LogP contribution in [-0.4, -0.2) is 16.3 Å². The summed E-state index contributed by atoms with van der Waals surface area (Å²) in [7, 11) is 0. The SMILES string of the molecule is OCC(c1ccccc1)c1cn(-c2ccccc2)c2ccccc12. The predicted molar refractivity (Wildman–Crippen MR) is 98.6 cm³/mol. The van der Waals surface area contributed by atoms with E-state index < -0.39 is 0 Å². The molecule has 0 radical (unpaired) electrons. The van der Waals surface area contributed by atoms with Gasteiger partial charge in [-0.15, -0.1) is 0 Å². The van der Waals surface area contributed by atoms with Crippen LogP contribution in [0.5, 0.6) is 0 Å². The molecule has 1 heterocycles. The molecule has 0 fully saturated rings. The molecule has 0 amide bonds. The molecule has 0 spiro atoms. The van der Waals surface area contributed by atoms with Crippen LogP contribution in [0.3, 0.4) is 0 Å². The molecular formula is C22H19NO. The number of para-hydroxylation sites is 2. The Labute approximate surface area is 141 Å². The summed E-state index contributed by atoms with van der Waals surface area (Å²) < 4.78 is 2.20. The van der Waals surface area contributed by atoms with E-state index in [1.807, 2.05) is 36.4 Å². The first-order chi connectivity index (χ1) is 11.9. The fourth-order valence-electron chi connectivity index (χ4n) is 3.35. The Kier molecular flexibility index (Phi) is 3.89. The lowest BCUT2D eigenvalue weighted by Crippen LogP contribution is -2.05. The Morgan fingerprint density at radius 2 is 1.38 bits per heavy atom. The minimum Gasteiger partial charge on any atom is -0.395 e. The molecule has 2 heteroatoms. The van der Waals surface area contributed by atoms with Gasteiger partial charge >= 0.3 is 0 Å². The summed E-state index contributed by atoms with van der Waals surface area (Å²) in [5, 5.41) is 11.2. The van der Waals surface area contributed by atoms with Crippen LogP contribution in [-0.2, 0) is 0 Å². The van der Waals surface area contributed by atoms with Gasteiger partial charge in [0, 0.05) is 23.2 Å². The molecule has 0 saturated carbocycles. The highest BCUT2D eigenvalue weighted by Gasteiger charge is 2.19. The van der Waals surface area contributed by atoms with Crippen molar-refractivity contribution in [3.63, 3.8) is 0 Å². The molecule has 0 aliphatic carbocycles. The van der Waals surface area contributed by atoms with Crippen LogP contribution in [0.25, 0.3) is 16.6 Å². The third kappa shape index (κ3) is 2.51. The van der Waals surface area contributed by atoms with Gasteiger partial charge in [-0.3, -0.25) is 0 Å². The molecule has 0 saturated heterocycles. The van der Waals surface area contributed by atoms with Gasteiger partial charge in [-0.25, -0.2) is 0 Å². The van der Waals surface area contributed by atoms with Gasteiger partial charge in [0.15, 0.2) is 0 Å². The molecule has 0 bridgehead atoms. The number of aliphatic hydroxyl groups is 1. The molecule has 1 N–H and O–H groups in total. The van der Waals surface area contributed by atoms with Crippen molar-refractivity contribution >= 4 is 10.9 Å². The van der Waals surface area contributed by atoms with E-state index in [0.29, 0.717) is 0 Å². The molecule has 4 aromatic rings. The molecule has 1 aromatic heterocycles. The molecular weight excluding hydrogens is 294 g/mol. The Hall–Kier alpha value is -2.84. The zero-order chi connectivity index (χ0) is 16.4. The highest BCUT2D eigenvalue weighted by molar-refractivity contribution is 5.86. The van der Waals surface area contributed by atoms with E-state index in [4.69, 9.17) is 0 Å². The van der Waals surface area contributed by atoms with E-state index in [2.05, 4.69) is 59.3 Å². The number of nitrogens with zero attached hydrogens (tertiary/aromatic N) is 1. The first-order valence-electron chi connectivity index (χ1n) is 8.19. The molecule has 1 unspecified atom stereocenters. The van der Waals surface area contributed by atoms with E-state index >= 15 is 0 Å². The summed E-state index contributed by atoms with van der Waals surface area (Å²) in [6.07, 6.45) is 2.16. The summed E-state index contributed by atoms with van der Waals surface area (Å²) in [6.45, 7) is 0.0901. The zero-order valence-corrected chi connectivity index (χ0v) is 13.3. The maximum Gasteiger partial charge on any atom is 0.0541 e. The number of aromatic nitrogens is 1. The third-order valence-electron chi connectivity index (χ3n) is 4.54. The minimum atomic E-state index is -0.0268. The van der Waals surface area contributed by atoms with Crippen LogP contribution in [0.4, 0.5) is 0 Å². The van der Waals surface area contributed by atoms with E-state index in [-0.39, 0.29) is 12.5 Å². The van der Waals surface area contributed by atoms with Crippen molar-refractivity contribution in [2.24, 2.45) is 0 Å².